The average molecular weight is 339 g/mol. The molecule has 1 aliphatic heterocycles. The molecule has 5 heteroatoms. The molecule has 1 aromatic heterocycles. The van der Waals surface area contributed by atoms with Crippen LogP contribution >= 0.6 is 0 Å². The van der Waals surface area contributed by atoms with Crippen molar-refractivity contribution < 1.29 is 9.59 Å². The number of Topliss-reactive ketones (excluding diaryl/α,β-unsaturated/α-hetero) is 1. The summed E-state index contributed by atoms with van der Waals surface area (Å²) < 4.78 is 1.97. The van der Waals surface area contributed by atoms with Crippen molar-refractivity contribution in [2.75, 3.05) is 13.1 Å². The fourth-order valence-corrected chi connectivity index (χ4v) is 3.37. The Morgan fingerprint density at radius 3 is 2.48 bits per heavy atom. The van der Waals surface area contributed by atoms with E-state index in [0.29, 0.717) is 24.3 Å². The molecule has 1 fully saturated rings. The SMILES string of the molecule is O=C(CCC(=O)N1CCC(CCn2cccn2)CC1)c1ccccc1. The summed E-state index contributed by atoms with van der Waals surface area (Å²) in [6.45, 7) is 2.56. The molecule has 0 atom stereocenters. The molecule has 25 heavy (non-hydrogen) atoms. The fourth-order valence-electron chi connectivity index (χ4n) is 3.37. The molecule has 2 aromatic rings. The molecule has 5 nitrogen and oxygen atoms in total. The predicted molar refractivity (Wildman–Crippen MR) is 96.2 cm³/mol. The van der Waals surface area contributed by atoms with Gasteiger partial charge in [-0.2, -0.15) is 5.10 Å². The topological polar surface area (TPSA) is 55.2 Å². The number of carbonyl (C=O) groups excluding carboxylic acids is 2. The molecule has 1 amide bonds. The number of rotatable bonds is 7. The molecular weight excluding hydrogens is 314 g/mol. The van der Waals surface area contributed by atoms with E-state index >= 15 is 0 Å². The number of nitrogens with zero attached hydrogens (tertiary/aromatic N) is 3. The Balaban J connectivity index is 1.37. The van der Waals surface area contributed by atoms with Crippen LogP contribution in [0.5, 0.6) is 0 Å². The van der Waals surface area contributed by atoms with Crippen molar-refractivity contribution in [2.45, 2.75) is 38.6 Å². The standard InChI is InChI=1S/C20H25N3O2/c24-19(18-5-2-1-3-6-18)7-8-20(25)22-14-9-17(10-15-22)11-16-23-13-4-12-21-23/h1-6,12-13,17H,7-11,14-16H2. The zero-order valence-electron chi connectivity index (χ0n) is 14.5. The van der Waals surface area contributed by atoms with Gasteiger partial charge in [-0.05, 0) is 31.2 Å². The molecule has 2 heterocycles. The maximum Gasteiger partial charge on any atom is 0.223 e. The molecule has 1 aliphatic rings. The van der Waals surface area contributed by atoms with Gasteiger partial charge in [-0.3, -0.25) is 14.3 Å². The molecule has 0 bridgehead atoms. The van der Waals surface area contributed by atoms with Gasteiger partial charge in [0.1, 0.15) is 0 Å². The number of likely N-dealkylation sites (tertiary alicyclic amines) is 1. The highest BCUT2D eigenvalue weighted by Crippen LogP contribution is 2.22. The van der Waals surface area contributed by atoms with Crippen LogP contribution in [0, 0.1) is 5.92 Å². The van der Waals surface area contributed by atoms with Gasteiger partial charge in [-0.15, -0.1) is 0 Å². The lowest BCUT2D eigenvalue weighted by Gasteiger charge is -2.32. The minimum absolute atomic E-state index is 0.0445. The van der Waals surface area contributed by atoms with Crippen LogP contribution < -0.4 is 0 Å². The van der Waals surface area contributed by atoms with Gasteiger partial charge in [0.25, 0.3) is 0 Å². The number of ketones is 1. The van der Waals surface area contributed by atoms with Gasteiger partial charge in [-0.1, -0.05) is 30.3 Å². The largest absolute Gasteiger partial charge is 0.343 e. The van der Waals surface area contributed by atoms with Gasteiger partial charge in [0.15, 0.2) is 5.78 Å². The van der Waals surface area contributed by atoms with Crippen molar-refractivity contribution in [3.8, 4) is 0 Å². The first-order valence-corrected chi connectivity index (χ1v) is 9.06. The second kappa shape index (κ2) is 8.60. The van der Waals surface area contributed by atoms with Crippen molar-refractivity contribution in [1.82, 2.24) is 14.7 Å². The summed E-state index contributed by atoms with van der Waals surface area (Å²) in [5, 5.41) is 4.23. The molecule has 3 rings (SSSR count). The summed E-state index contributed by atoms with van der Waals surface area (Å²) in [5.41, 5.74) is 0.688. The van der Waals surface area contributed by atoms with E-state index in [4.69, 9.17) is 0 Å². The number of aryl methyl sites for hydroxylation is 1. The second-order valence-corrected chi connectivity index (χ2v) is 6.67. The van der Waals surface area contributed by atoms with E-state index < -0.39 is 0 Å². The van der Waals surface area contributed by atoms with Crippen molar-refractivity contribution in [2.24, 2.45) is 5.92 Å². The summed E-state index contributed by atoms with van der Waals surface area (Å²) in [4.78, 5) is 26.4. The van der Waals surface area contributed by atoms with Crippen LogP contribution in [0.2, 0.25) is 0 Å². The van der Waals surface area contributed by atoms with E-state index in [-0.39, 0.29) is 11.7 Å². The highest BCUT2D eigenvalue weighted by atomic mass is 16.2. The zero-order chi connectivity index (χ0) is 17.5. The lowest BCUT2D eigenvalue weighted by Crippen LogP contribution is -2.38. The minimum atomic E-state index is 0.0445. The summed E-state index contributed by atoms with van der Waals surface area (Å²) in [5.74, 6) is 0.803. The number of carbonyl (C=O) groups is 2. The van der Waals surface area contributed by atoms with Crippen molar-refractivity contribution in [3.05, 3.63) is 54.4 Å². The van der Waals surface area contributed by atoms with E-state index in [9.17, 15) is 9.59 Å². The van der Waals surface area contributed by atoms with Gasteiger partial charge < -0.3 is 4.90 Å². The highest BCUT2D eigenvalue weighted by molar-refractivity contribution is 5.97. The first-order valence-electron chi connectivity index (χ1n) is 9.06. The third-order valence-corrected chi connectivity index (χ3v) is 4.95. The zero-order valence-corrected chi connectivity index (χ0v) is 14.5. The first-order chi connectivity index (χ1) is 12.2. The van der Waals surface area contributed by atoms with E-state index in [1.807, 2.05) is 40.0 Å². The molecule has 132 valence electrons. The smallest absolute Gasteiger partial charge is 0.223 e. The van der Waals surface area contributed by atoms with Gasteiger partial charge in [-0.25, -0.2) is 0 Å². The lowest BCUT2D eigenvalue weighted by atomic mass is 9.93. The summed E-state index contributed by atoms with van der Waals surface area (Å²) >= 11 is 0. The maximum atomic E-state index is 12.3. The Morgan fingerprint density at radius 1 is 1.04 bits per heavy atom. The number of piperidine rings is 1. The fraction of sp³-hybridized carbons (Fsp3) is 0.450. The van der Waals surface area contributed by atoms with Gasteiger partial charge in [0.05, 0.1) is 0 Å². The number of aromatic nitrogens is 2. The Morgan fingerprint density at radius 2 is 1.80 bits per heavy atom. The summed E-state index contributed by atoms with van der Waals surface area (Å²) in [6.07, 6.45) is 7.59. The maximum absolute atomic E-state index is 12.3. The summed E-state index contributed by atoms with van der Waals surface area (Å²) in [7, 11) is 0. The number of benzene rings is 1. The lowest BCUT2D eigenvalue weighted by molar-refractivity contribution is -0.132. The Labute approximate surface area is 148 Å². The van der Waals surface area contributed by atoms with Crippen LogP contribution in [0.25, 0.3) is 0 Å². The van der Waals surface area contributed by atoms with Gasteiger partial charge in [0.2, 0.25) is 5.91 Å². The van der Waals surface area contributed by atoms with Crippen LogP contribution in [0.15, 0.2) is 48.8 Å². The van der Waals surface area contributed by atoms with Crippen LogP contribution in [0.3, 0.4) is 0 Å². The normalized spacial score (nSPS) is 15.3. The number of hydrogen-bond donors (Lipinski definition) is 0. The molecule has 1 saturated heterocycles. The summed E-state index contributed by atoms with van der Waals surface area (Å²) in [6, 6.07) is 11.1. The third-order valence-electron chi connectivity index (χ3n) is 4.95. The number of amides is 1. The molecule has 0 unspecified atom stereocenters. The molecule has 0 N–H and O–H groups in total. The Bertz CT molecular complexity index is 674. The van der Waals surface area contributed by atoms with Crippen LogP contribution in [-0.4, -0.2) is 39.5 Å². The predicted octanol–water partition coefficient (Wildman–Crippen LogP) is 3.17. The van der Waals surface area contributed by atoms with Gasteiger partial charge >= 0.3 is 0 Å². The monoisotopic (exact) mass is 339 g/mol. The van der Waals surface area contributed by atoms with E-state index in [1.54, 1.807) is 18.3 Å². The molecule has 1 aromatic carbocycles. The average Bonchev–Trinajstić information content (AvgIpc) is 3.19. The minimum Gasteiger partial charge on any atom is -0.343 e. The first kappa shape index (κ1) is 17.4. The van der Waals surface area contributed by atoms with Crippen LogP contribution in [0.4, 0.5) is 0 Å². The molecule has 0 saturated carbocycles. The Kier molecular flexibility index (Phi) is 5.99. The van der Waals surface area contributed by atoms with Crippen molar-refractivity contribution in [3.63, 3.8) is 0 Å². The van der Waals surface area contributed by atoms with E-state index in [2.05, 4.69) is 5.10 Å². The third kappa shape index (κ3) is 5.02. The molecule has 0 aliphatic carbocycles. The quantitative estimate of drug-likeness (QED) is 0.728. The van der Waals surface area contributed by atoms with Crippen molar-refractivity contribution >= 4 is 11.7 Å². The second-order valence-electron chi connectivity index (χ2n) is 6.67. The molecule has 0 radical (unpaired) electrons. The van der Waals surface area contributed by atoms with Crippen LogP contribution in [0.1, 0.15) is 42.5 Å². The highest BCUT2D eigenvalue weighted by Gasteiger charge is 2.23. The van der Waals surface area contributed by atoms with E-state index in [0.717, 1.165) is 38.9 Å². The van der Waals surface area contributed by atoms with Crippen molar-refractivity contribution in [1.29, 1.82) is 0 Å². The van der Waals surface area contributed by atoms with Gasteiger partial charge in [0, 0.05) is 50.4 Å². The number of hydrogen-bond acceptors (Lipinski definition) is 3. The molecular formula is C20H25N3O2. The molecule has 0 spiro atoms. The van der Waals surface area contributed by atoms with Crippen LogP contribution in [-0.2, 0) is 11.3 Å². The van der Waals surface area contributed by atoms with E-state index in [1.165, 1.54) is 0 Å². The Hall–Kier alpha value is -2.43.